The Morgan fingerprint density at radius 2 is 0.810 bits per heavy atom. The van der Waals surface area contributed by atoms with Crippen LogP contribution in [0.3, 0.4) is 0 Å². The minimum atomic E-state index is -1.37. The fraction of sp³-hybridized carbons (Fsp3) is 0.667. The molecule has 0 aliphatic heterocycles. The average molecular weight is 815 g/mol. The summed E-state index contributed by atoms with van der Waals surface area (Å²) in [4.78, 5) is 64.1. The first-order valence-corrected chi connectivity index (χ1v) is 21.5. The van der Waals surface area contributed by atoms with E-state index >= 15 is 0 Å². The third-order valence-electron chi connectivity index (χ3n) is 10.8. The molecule has 0 unspecified atom stereocenters. The van der Waals surface area contributed by atoms with E-state index in [4.69, 9.17) is 0 Å². The number of hydrazine groups is 2. The summed E-state index contributed by atoms with van der Waals surface area (Å²) < 4.78 is 0. The molecule has 2 amide bonds. The minimum Gasteiger partial charge on any atom is -0.478 e. The molecule has 0 aliphatic carbocycles. The Balaban J connectivity index is 2.81. The lowest BCUT2D eigenvalue weighted by atomic mass is 9.88. The summed E-state index contributed by atoms with van der Waals surface area (Å²) in [5, 5.41) is 27.8. The third-order valence-corrected chi connectivity index (χ3v) is 10.8. The van der Waals surface area contributed by atoms with Crippen molar-refractivity contribution in [2.75, 3.05) is 115 Å². The van der Waals surface area contributed by atoms with Crippen LogP contribution in [0.15, 0.2) is 12.1 Å². The molecular weight excluding hydrogens is 741 g/mol. The molecule has 328 valence electrons. The fourth-order valence-corrected chi connectivity index (χ4v) is 7.13. The Bertz CT molecular complexity index is 1580. The largest absolute Gasteiger partial charge is 0.478 e. The fourth-order valence-electron chi connectivity index (χ4n) is 7.13. The van der Waals surface area contributed by atoms with Crippen molar-refractivity contribution in [1.29, 1.82) is 0 Å². The second kappa shape index (κ2) is 27.6. The molecule has 16 heteroatoms. The van der Waals surface area contributed by atoms with Crippen LogP contribution in [-0.2, 0) is 0 Å². The third kappa shape index (κ3) is 15.3. The molecule has 2 aromatic carbocycles. The highest BCUT2D eigenvalue weighted by atomic mass is 16.4. The topological polar surface area (TPSA) is 194 Å². The van der Waals surface area contributed by atoms with Gasteiger partial charge in [0.15, 0.2) is 0 Å². The Morgan fingerprint density at radius 1 is 0.466 bits per heavy atom. The first-order chi connectivity index (χ1) is 28.0. The number of hydrogen-bond donors (Lipinski definition) is 8. The lowest BCUT2D eigenvalue weighted by Gasteiger charge is -2.23. The zero-order valence-corrected chi connectivity index (χ0v) is 36.6. The van der Waals surface area contributed by atoms with Gasteiger partial charge in [0.2, 0.25) is 0 Å². The molecule has 0 fully saturated rings. The molecule has 2 aromatic rings. The highest BCUT2D eigenvalue weighted by molar-refractivity contribution is 6.27. The first kappa shape index (κ1) is 50.1. The Labute approximate surface area is 346 Å². The van der Waals surface area contributed by atoms with Crippen molar-refractivity contribution < 1.29 is 29.4 Å². The maximum absolute atomic E-state index is 14.3. The van der Waals surface area contributed by atoms with Gasteiger partial charge in [-0.25, -0.2) is 20.4 Å². The number of carbonyl (C=O) groups excluding carboxylic acids is 2. The Morgan fingerprint density at radius 3 is 1.19 bits per heavy atom. The summed E-state index contributed by atoms with van der Waals surface area (Å²) in [6, 6.07) is 2.75. The van der Waals surface area contributed by atoms with Gasteiger partial charge in [0.1, 0.15) is 0 Å². The highest BCUT2D eigenvalue weighted by Crippen LogP contribution is 2.39. The molecule has 0 heterocycles. The van der Waals surface area contributed by atoms with E-state index in [0.29, 0.717) is 39.0 Å². The Hall–Kier alpha value is -4.06. The SMILES string of the molecule is CCN(CC)CCCNNC(=O)c1cc(NCCCN(CC)CC)c(C(=O)NNCCCN(CC)CC)c2c(C(=O)O)cc(NCCCN(CC)CC)c(C(=O)O)c12. The van der Waals surface area contributed by atoms with Gasteiger partial charge in [-0.3, -0.25) is 20.4 Å². The summed E-state index contributed by atoms with van der Waals surface area (Å²) in [6.07, 6.45) is 2.85. The van der Waals surface area contributed by atoms with Crippen molar-refractivity contribution >= 4 is 45.9 Å². The van der Waals surface area contributed by atoms with E-state index in [1.165, 1.54) is 12.1 Å². The molecule has 0 saturated heterocycles. The van der Waals surface area contributed by atoms with Crippen molar-refractivity contribution in [3.63, 3.8) is 0 Å². The second-order valence-electron chi connectivity index (χ2n) is 14.2. The maximum Gasteiger partial charge on any atom is 0.338 e. The lowest BCUT2D eigenvalue weighted by molar-refractivity contribution is 0.0684. The molecule has 58 heavy (non-hydrogen) atoms. The number of anilines is 2. The van der Waals surface area contributed by atoms with Crippen LogP contribution in [0.4, 0.5) is 11.4 Å². The number of hydrogen-bond acceptors (Lipinski definition) is 12. The van der Waals surface area contributed by atoms with Gasteiger partial charge < -0.3 is 40.4 Å². The number of carboxylic acids is 2. The molecule has 0 aromatic heterocycles. The van der Waals surface area contributed by atoms with Gasteiger partial charge in [-0.15, -0.1) is 0 Å². The van der Waals surface area contributed by atoms with Gasteiger partial charge in [-0.2, -0.15) is 0 Å². The quantitative estimate of drug-likeness (QED) is 0.0381. The van der Waals surface area contributed by atoms with Crippen molar-refractivity contribution in [3.8, 4) is 0 Å². The molecule has 0 radical (unpaired) electrons. The van der Waals surface area contributed by atoms with E-state index < -0.39 is 23.8 Å². The predicted molar refractivity (Wildman–Crippen MR) is 235 cm³/mol. The van der Waals surface area contributed by atoms with E-state index in [2.05, 4.69) is 107 Å². The Kier molecular flexibility index (Phi) is 23.8. The van der Waals surface area contributed by atoms with Gasteiger partial charge >= 0.3 is 11.9 Å². The minimum absolute atomic E-state index is 0.0546. The molecule has 0 saturated carbocycles. The van der Waals surface area contributed by atoms with Crippen LogP contribution in [0.1, 0.15) is 123 Å². The molecular formula is C42H74N10O6. The molecule has 16 nitrogen and oxygen atoms in total. The number of rotatable bonds is 32. The smallest absolute Gasteiger partial charge is 0.338 e. The van der Waals surface area contributed by atoms with Crippen molar-refractivity contribution in [2.45, 2.75) is 81.1 Å². The van der Waals surface area contributed by atoms with Crippen molar-refractivity contribution in [2.24, 2.45) is 0 Å². The normalized spacial score (nSPS) is 11.6. The number of nitrogens with zero attached hydrogens (tertiary/aromatic N) is 4. The molecule has 0 aliphatic rings. The number of carbonyl (C=O) groups is 4. The van der Waals surface area contributed by atoms with E-state index in [1.54, 1.807) is 0 Å². The summed E-state index contributed by atoms with van der Waals surface area (Å²) in [5.74, 6) is -4.04. The molecule has 0 bridgehead atoms. The van der Waals surface area contributed by atoms with Crippen LogP contribution >= 0.6 is 0 Å². The van der Waals surface area contributed by atoms with Crippen LogP contribution in [0.5, 0.6) is 0 Å². The van der Waals surface area contributed by atoms with E-state index in [0.717, 1.165) is 91.4 Å². The van der Waals surface area contributed by atoms with Crippen LogP contribution in [-0.4, -0.2) is 158 Å². The van der Waals surface area contributed by atoms with Gasteiger partial charge in [-0.1, -0.05) is 55.4 Å². The summed E-state index contributed by atoms with van der Waals surface area (Å²) in [5.41, 5.74) is 11.0. The van der Waals surface area contributed by atoms with E-state index in [-0.39, 0.29) is 44.4 Å². The van der Waals surface area contributed by atoms with Gasteiger partial charge in [-0.05, 0) is 116 Å². The van der Waals surface area contributed by atoms with E-state index in [1.807, 2.05) is 0 Å². The standard InChI is InChI=1S/C42H74N10O6/c1-9-49(10-2)25-17-21-43-33-29-31(39(53)47-45-23-19-27-51(13-5)14-6)35-36(37(33)40(54)48-46-24-20-28-52(15-7)16-8)32(41(55)56)30-34(38(35)42(57)58)44-22-18-26-50(11-3)12-4/h29-30,43-46H,9-28H2,1-8H3,(H,47,53)(H,48,54)(H,55,56)(H,57,58). The van der Waals surface area contributed by atoms with Crippen molar-refractivity contribution in [3.05, 3.63) is 34.4 Å². The van der Waals surface area contributed by atoms with Crippen LogP contribution in [0, 0.1) is 0 Å². The van der Waals surface area contributed by atoms with Gasteiger partial charge in [0, 0.05) is 42.6 Å². The number of carboxylic acid groups (broad SMARTS) is 2. The lowest BCUT2D eigenvalue weighted by Crippen LogP contribution is -2.40. The average Bonchev–Trinajstić information content (AvgIpc) is 3.22. The number of aromatic carboxylic acids is 2. The van der Waals surface area contributed by atoms with E-state index in [9.17, 15) is 29.4 Å². The molecule has 2 rings (SSSR count). The van der Waals surface area contributed by atoms with Crippen molar-refractivity contribution in [1.82, 2.24) is 41.3 Å². The molecule has 0 spiro atoms. The zero-order chi connectivity index (χ0) is 43.0. The van der Waals surface area contributed by atoms with Crippen LogP contribution < -0.4 is 32.3 Å². The summed E-state index contributed by atoms with van der Waals surface area (Å²) >= 11 is 0. The number of benzene rings is 2. The maximum atomic E-state index is 14.3. The number of amides is 2. The van der Waals surface area contributed by atoms with Gasteiger partial charge in [0.25, 0.3) is 11.8 Å². The number of nitrogens with one attached hydrogen (secondary N) is 6. The first-order valence-electron chi connectivity index (χ1n) is 21.5. The summed E-state index contributed by atoms with van der Waals surface area (Å²) in [7, 11) is 0. The van der Waals surface area contributed by atoms with Crippen LogP contribution in [0.25, 0.3) is 10.8 Å². The van der Waals surface area contributed by atoms with Gasteiger partial charge in [0.05, 0.1) is 27.9 Å². The molecule has 8 N–H and O–H groups in total. The highest BCUT2D eigenvalue weighted by Gasteiger charge is 2.31. The predicted octanol–water partition coefficient (Wildman–Crippen LogP) is 4.46. The monoisotopic (exact) mass is 815 g/mol. The second-order valence-corrected chi connectivity index (χ2v) is 14.2. The van der Waals surface area contributed by atoms with Crippen LogP contribution in [0.2, 0.25) is 0 Å². The zero-order valence-electron chi connectivity index (χ0n) is 36.6. The number of fused-ring (bicyclic) bond motifs is 1. The summed E-state index contributed by atoms with van der Waals surface area (Å²) in [6.45, 7) is 28.6. The molecule has 0 atom stereocenters.